The lowest BCUT2D eigenvalue weighted by Crippen LogP contribution is -2.64. The molecule has 4 heteroatoms. The standard InChI is InChI=1S/C13H16N2O2/c1-10-5-4-6-12(11(10)7-14)15-8-13(9-15,16-2)17-3/h4-6H,8-9H2,1-3H3. The number of anilines is 1. The normalized spacial score (nSPS) is 17.4. The molecule has 0 radical (unpaired) electrons. The maximum Gasteiger partial charge on any atom is 0.203 e. The molecule has 0 spiro atoms. The molecule has 0 bridgehead atoms. The van der Waals surface area contributed by atoms with Gasteiger partial charge in [0, 0.05) is 14.2 Å². The van der Waals surface area contributed by atoms with Crippen LogP contribution in [0.1, 0.15) is 11.1 Å². The van der Waals surface area contributed by atoms with Crippen molar-refractivity contribution in [3.8, 4) is 6.07 Å². The molecule has 1 saturated heterocycles. The Hall–Kier alpha value is -1.57. The van der Waals surface area contributed by atoms with Crippen LogP contribution in [0, 0.1) is 18.3 Å². The number of methoxy groups -OCH3 is 2. The Kier molecular flexibility index (Phi) is 3.05. The van der Waals surface area contributed by atoms with E-state index in [9.17, 15) is 5.26 Å². The molecule has 0 saturated carbocycles. The lowest BCUT2D eigenvalue weighted by Gasteiger charge is -2.49. The van der Waals surface area contributed by atoms with Gasteiger partial charge < -0.3 is 14.4 Å². The van der Waals surface area contributed by atoms with Gasteiger partial charge in [-0.15, -0.1) is 0 Å². The van der Waals surface area contributed by atoms with Gasteiger partial charge in [-0.3, -0.25) is 0 Å². The van der Waals surface area contributed by atoms with Gasteiger partial charge in [0.05, 0.1) is 24.3 Å². The second-order valence-corrected chi connectivity index (χ2v) is 4.26. The largest absolute Gasteiger partial charge is 0.359 e. The molecular weight excluding hydrogens is 216 g/mol. The van der Waals surface area contributed by atoms with Crippen molar-refractivity contribution in [1.82, 2.24) is 0 Å². The first-order valence-corrected chi connectivity index (χ1v) is 5.51. The summed E-state index contributed by atoms with van der Waals surface area (Å²) in [7, 11) is 3.28. The molecule has 0 amide bonds. The lowest BCUT2D eigenvalue weighted by atomic mass is 10.0. The van der Waals surface area contributed by atoms with Crippen LogP contribution in [-0.4, -0.2) is 33.1 Å². The molecule has 1 aromatic carbocycles. The first-order chi connectivity index (χ1) is 8.15. The zero-order valence-corrected chi connectivity index (χ0v) is 10.4. The van der Waals surface area contributed by atoms with Gasteiger partial charge in [0.25, 0.3) is 0 Å². The Bertz CT molecular complexity index is 453. The van der Waals surface area contributed by atoms with Crippen LogP contribution in [-0.2, 0) is 9.47 Å². The summed E-state index contributed by atoms with van der Waals surface area (Å²) in [6.07, 6.45) is 0. The molecule has 1 fully saturated rings. The van der Waals surface area contributed by atoms with Crippen LogP contribution in [0.2, 0.25) is 0 Å². The summed E-state index contributed by atoms with van der Waals surface area (Å²) in [4.78, 5) is 2.10. The highest BCUT2D eigenvalue weighted by atomic mass is 16.7. The van der Waals surface area contributed by atoms with Crippen molar-refractivity contribution in [2.45, 2.75) is 12.7 Å². The number of aryl methyl sites for hydroxylation is 1. The van der Waals surface area contributed by atoms with E-state index >= 15 is 0 Å². The minimum Gasteiger partial charge on any atom is -0.359 e. The molecule has 0 N–H and O–H groups in total. The van der Waals surface area contributed by atoms with Crippen molar-refractivity contribution in [3.05, 3.63) is 29.3 Å². The van der Waals surface area contributed by atoms with Crippen LogP contribution in [0.3, 0.4) is 0 Å². The SMILES string of the molecule is COC1(OC)CN(c2cccc(C)c2C#N)C1. The van der Waals surface area contributed by atoms with Crippen LogP contribution >= 0.6 is 0 Å². The predicted molar refractivity (Wildman–Crippen MR) is 64.9 cm³/mol. The van der Waals surface area contributed by atoms with E-state index in [-0.39, 0.29) is 0 Å². The van der Waals surface area contributed by atoms with Gasteiger partial charge in [0.15, 0.2) is 0 Å². The van der Waals surface area contributed by atoms with Crippen LogP contribution < -0.4 is 4.90 Å². The Balaban J connectivity index is 2.23. The molecule has 90 valence electrons. The van der Waals surface area contributed by atoms with Gasteiger partial charge in [0.1, 0.15) is 6.07 Å². The van der Waals surface area contributed by atoms with Crippen molar-refractivity contribution < 1.29 is 9.47 Å². The minimum absolute atomic E-state index is 0.517. The highest BCUT2D eigenvalue weighted by Crippen LogP contribution is 2.33. The molecule has 1 heterocycles. The van der Waals surface area contributed by atoms with Crippen LogP contribution in [0.4, 0.5) is 5.69 Å². The summed E-state index contributed by atoms with van der Waals surface area (Å²) in [5.41, 5.74) is 2.68. The predicted octanol–water partition coefficient (Wildman–Crippen LogP) is 1.68. The summed E-state index contributed by atoms with van der Waals surface area (Å²) in [6, 6.07) is 8.12. The van der Waals surface area contributed by atoms with Crippen molar-refractivity contribution in [2.75, 3.05) is 32.2 Å². The number of nitrogens with zero attached hydrogens (tertiary/aromatic N) is 2. The van der Waals surface area contributed by atoms with Gasteiger partial charge >= 0.3 is 0 Å². The monoisotopic (exact) mass is 232 g/mol. The molecule has 2 rings (SSSR count). The molecule has 0 aliphatic carbocycles. The smallest absolute Gasteiger partial charge is 0.203 e. The zero-order valence-electron chi connectivity index (χ0n) is 10.4. The van der Waals surface area contributed by atoms with E-state index in [0.717, 1.165) is 16.8 Å². The Morgan fingerprint density at radius 1 is 1.29 bits per heavy atom. The molecule has 1 aliphatic rings. The van der Waals surface area contributed by atoms with Crippen LogP contribution in [0.25, 0.3) is 0 Å². The van der Waals surface area contributed by atoms with Crippen molar-refractivity contribution >= 4 is 5.69 Å². The summed E-state index contributed by atoms with van der Waals surface area (Å²) >= 11 is 0. The topological polar surface area (TPSA) is 45.5 Å². The fourth-order valence-corrected chi connectivity index (χ4v) is 2.11. The third kappa shape index (κ3) is 1.88. The molecule has 0 unspecified atom stereocenters. The first-order valence-electron chi connectivity index (χ1n) is 5.51. The molecular formula is C13H16N2O2. The quantitative estimate of drug-likeness (QED) is 0.744. The second kappa shape index (κ2) is 4.36. The molecule has 1 aliphatic heterocycles. The van der Waals surface area contributed by atoms with Crippen molar-refractivity contribution in [1.29, 1.82) is 5.26 Å². The first kappa shape index (κ1) is 11.9. The van der Waals surface area contributed by atoms with Gasteiger partial charge in [-0.1, -0.05) is 12.1 Å². The summed E-state index contributed by atoms with van der Waals surface area (Å²) in [6.45, 7) is 3.25. The molecule has 0 atom stereocenters. The van der Waals surface area contributed by atoms with E-state index in [0.29, 0.717) is 13.1 Å². The summed E-state index contributed by atoms with van der Waals surface area (Å²) in [5, 5.41) is 9.17. The van der Waals surface area contributed by atoms with E-state index in [1.54, 1.807) is 14.2 Å². The Labute approximate surface area is 101 Å². The van der Waals surface area contributed by atoms with Crippen LogP contribution in [0.15, 0.2) is 18.2 Å². The van der Waals surface area contributed by atoms with Gasteiger partial charge in [-0.25, -0.2) is 0 Å². The Morgan fingerprint density at radius 2 is 1.94 bits per heavy atom. The number of hydrogen-bond acceptors (Lipinski definition) is 4. The third-order valence-electron chi connectivity index (χ3n) is 3.31. The zero-order chi connectivity index (χ0) is 12.5. The molecule has 1 aromatic rings. The average Bonchev–Trinajstić information content (AvgIpc) is 2.29. The highest BCUT2D eigenvalue weighted by Gasteiger charge is 2.44. The number of nitriles is 1. The summed E-state index contributed by atoms with van der Waals surface area (Å²) < 4.78 is 10.7. The van der Waals surface area contributed by atoms with Gasteiger partial charge in [0.2, 0.25) is 5.79 Å². The minimum atomic E-state index is -0.517. The van der Waals surface area contributed by atoms with E-state index in [1.165, 1.54) is 0 Å². The van der Waals surface area contributed by atoms with Crippen molar-refractivity contribution in [3.63, 3.8) is 0 Å². The molecule has 0 aromatic heterocycles. The average molecular weight is 232 g/mol. The van der Waals surface area contributed by atoms with E-state index in [2.05, 4.69) is 11.0 Å². The number of benzene rings is 1. The summed E-state index contributed by atoms with van der Waals surface area (Å²) in [5.74, 6) is -0.517. The van der Waals surface area contributed by atoms with E-state index in [1.807, 2.05) is 25.1 Å². The maximum atomic E-state index is 9.17. The fraction of sp³-hybridized carbons (Fsp3) is 0.462. The Morgan fingerprint density at radius 3 is 2.47 bits per heavy atom. The molecule has 17 heavy (non-hydrogen) atoms. The van der Waals surface area contributed by atoms with E-state index < -0.39 is 5.79 Å². The highest BCUT2D eigenvalue weighted by molar-refractivity contribution is 5.64. The third-order valence-corrected chi connectivity index (χ3v) is 3.31. The number of rotatable bonds is 3. The van der Waals surface area contributed by atoms with Crippen molar-refractivity contribution in [2.24, 2.45) is 0 Å². The van der Waals surface area contributed by atoms with Gasteiger partial charge in [-0.2, -0.15) is 5.26 Å². The van der Waals surface area contributed by atoms with Gasteiger partial charge in [-0.05, 0) is 18.6 Å². The number of hydrogen-bond donors (Lipinski definition) is 0. The second-order valence-electron chi connectivity index (χ2n) is 4.26. The van der Waals surface area contributed by atoms with E-state index in [4.69, 9.17) is 9.47 Å². The number of ether oxygens (including phenoxy) is 2. The molecule has 4 nitrogen and oxygen atoms in total. The van der Waals surface area contributed by atoms with Crippen LogP contribution in [0.5, 0.6) is 0 Å². The fourth-order valence-electron chi connectivity index (χ4n) is 2.11. The maximum absolute atomic E-state index is 9.17. The lowest BCUT2D eigenvalue weighted by molar-refractivity contribution is -0.219.